The quantitative estimate of drug-likeness (QED) is 0.662. The van der Waals surface area contributed by atoms with Crippen molar-refractivity contribution >= 4 is 17.0 Å². The lowest BCUT2D eigenvalue weighted by atomic mass is 10.0. The molecule has 29 heavy (non-hydrogen) atoms. The highest BCUT2D eigenvalue weighted by molar-refractivity contribution is 5.79. The van der Waals surface area contributed by atoms with E-state index in [1.54, 1.807) is 11.8 Å². The van der Waals surface area contributed by atoms with Gasteiger partial charge in [0.05, 0.1) is 23.1 Å². The first-order valence-electron chi connectivity index (χ1n) is 9.22. The molecule has 4 nitrogen and oxygen atoms in total. The van der Waals surface area contributed by atoms with E-state index in [9.17, 15) is 22.0 Å². The number of hydrogen-bond acceptors (Lipinski definition) is 3. The van der Waals surface area contributed by atoms with E-state index >= 15 is 0 Å². The number of rotatable bonds is 3. The molecule has 0 amide bonds. The molecule has 3 aromatic rings. The minimum absolute atomic E-state index is 0.0277. The predicted octanol–water partition coefficient (Wildman–Crippen LogP) is 4.08. The van der Waals surface area contributed by atoms with Gasteiger partial charge in [-0.3, -0.25) is 0 Å². The Labute approximate surface area is 163 Å². The monoisotopic (exact) mass is 410 g/mol. The van der Waals surface area contributed by atoms with Crippen LogP contribution in [0.15, 0.2) is 30.3 Å². The number of halogens is 5. The third-order valence-corrected chi connectivity index (χ3v) is 5.36. The van der Waals surface area contributed by atoms with Crippen LogP contribution in [-0.4, -0.2) is 34.9 Å². The molecule has 1 aliphatic heterocycles. The molecule has 0 spiro atoms. The van der Waals surface area contributed by atoms with Crippen molar-refractivity contribution in [3.8, 4) is 0 Å². The number of benzene rings is 2. The molecule has 0 radical (unpaired) electrons. The fraction of sp³-hybridized carbons (Fsp3) is 0.350. The van der Waals surface area contributed by atoms with E-state index in [1.807, 2.05) is 0 Å². The number of hydrogen-bond donors (Lipinski definition) is 1. The standard InChI is InChI=1S/C20H19F5N4/c1-10(12-6-11(21)2-3-13(12)22)29-19-8-16(25)15(24)7-18(19)27-20(29)28-5-4-14(23)17(26)9-28/h2-3,6-8,10,14,17H,4-5,9,26H2,1H3/t10-,14-,17-/m1/s1. The highest BCUT2D eigenvalue weighted by atomic mass is 19.2. The topological polar surface area (TPSA) is 47.1 Å². The Morgan fingerprint density at radius 3 is 2.52 bits per heavy atom. The van der Waals surface area contributed by atoms with Gasteiger partial charge in [-0.2, -0.15) is 0 Å². The van der Waals surface area contributed by atoms with E-state index in [2.05, 4.69) is 4.98 Å². The minimum Gasteiger partial charge on any atom is -0.340 e. The second-order valence-electron chi connectivity index (χ2n) is 7.29. The van der Waals surface area contributed by atoms with Crippen molar-refractivity contribution in [3.05, 3.63) is 59.2 Å². The van der Waals surface area contributed by atoms with Crippen LogP contribution in [0.2, 0.25) is 0 Å². The molecule has 3 atom stereocenters. The van der Waals surface area contributed by atoms with Crippen LogP contribution < -0.4 is 10.6 Å². The summed E-state index contributed by atoms with van der Waals surface area (Å²) in [6, 6.07) is 3.41. The molecule has 0 bridgehead atoms. The summed E-state index contributed by atoms with van der Waals surface area (Å²) in [7, 11) is 0. The zero-order chi connectivity index (χ0) is 20.9. The first kappa shape index (κ1) is 19.6. The Kier molecular flexibility index (Phi) is 4.94. The summed E-state index contributed by atoms with van der Waals surface area (Å²) in [5, 5.41) is 0. The third-order valence-electron chi connectivity index (χ3n) is 5.36. The number of imidazole rings is 1. The van der Waals surface area contributed by atoms with Gasteiger partial charge in [-0.1, -0.05) is 0 Å². The summed E-state index contributed by atoms with van der Waals surface area (Å²) in [5.74, 6) is -3.16. The Morgan fingerprint density at radius 1 is 1.07 bits per heavy atom. The fourth-order valence-electron chi connectivity index (χ4n) is 3.79. The molecule has 4 rings (SSSR count). The number of piperidine rings is 1. The fourth-order valence-corrected chi connectivity index (χ4v) is 3.79. The molecule has 9 heteroatoms. The summed E-state index contributed by atoms with van der Waals surface area (Å²) < 4.78 is 71.3. The van der Waals surface area contributed by atoms with Gasteiger partial charge in [-0.05, 0) is 31.5 Å². The highest BCUT2D eigenvalue weighted by Crippen LogP contribution is 2.34. The van der Waals surface area contributed by atoms with Gasteiger partial charge in [0.1, 0.15) is 17.8 Å². The van der Waals surface area contributed by atoms with Crippen LogP contribution in [0.5, 0.6) is 0 Å². The van der Waals surface area contributed by atoms with Crippen molar-refractivity contribution < 1.29 is 22.0 Å². The van der Waals surface area contributed by atoms with Crippen molar-refractivity contribution in [2.24, 2.45) is 5.73 Å². The predicted molar refractivity (Wildman–Crippen MR) is 99.5 cm³/mol. The Hall–Kier alpha value is -2.68. The Bertz CT molecular complexity index is 1070. The van der Waals surface area contributed by atoms with E-state index in [-0.39, 0.29) is 42.1 Å². The van der Waals surface area contributed by atoms with Gasteiger partial charge in [0, 0.05) is 30.8 Å². The SMILES string of the molecule is C[C@H](c1cc(F)ccc1F)n1c(N2CC[C@@H](F)[C@H](N)C2)nc2cc(F)c(F)cc21. The number of nitrogens with two attached hydrogens (primary N) is 1. The Morgan fingerprint density at radius 2 is 1.79 bits per heavy atom. The lowest BCUT2D eigenvalue weighted by Crippen LogP contribution is -2.50. The first-order valence-corrected chi connectivity index (χ1v) is 9.22. The summed E-state index contributed by atoms with van der Waals surface area (Å²) in [6.45, 7) is 2.01. The molecular formula is C20H19F5N4. The van der Waals surface area contributed by atoms with E-state index in [4.69, 9.17) is 5.73 Å². The minimum atomic E-state index is -1.17. The second-order valence-corrected chi connectivity index (χ2v) is 7.29. The van der Waals surface area contributed by atoms with E-state index in [1.165, 1.54) is 4.57 Å². The van der Waals surface area contributed by atoms with E-state index in [0.717, 1.165) is 30.3 Å². The molecule has 2 N–H and O–H groups in total. The molecule has 1 aliphatic rings. The molecule has 0 saturated carbocycles. The van der Waals surface area contributed by atoms with Crippen LogP contribution in [0, 0.1) is 23.3 Å². The lowest BCUT2D eigenvalue weighted by molar-refractivity contribution is 0.243. The van der Waals surface area contributed by atoms with Crippen molar-refractivity contribution in [2.45, 2.75) is 31.6 Å². The summed E-state index contributed by atoms with van der Waals surface area (Å²) in [4.78, 5) is 6.08. The molecule has 2 aromatic carbocycles. The number of nitrogens with zero attached hydrogens (tertiary/aromatic N) is 3. The maximum atomic E-state index is 14.4. The maximum Gasteiger partial charge on any atom is 0.207 e. The van der Waals surface area contributed by atoms with Crippen LogP contribution >= 0.6 is 0 Å². The summed E-state index contributed by atoms with van der Waals surface area (Å²) in [6.07, 6.45) is -1.01. The van der Waals surface area contributed by atoms with Crippen molar-refractivity contribution in [2.75, 3.05) is 18.0 Å². The van der Waals surface area contributed by atoms with Gasteiger partial charge < -0.3 is 15.2 Å². The van der Waals surface area contributed by atoms with Crippen LogP contribution in [0.3, 0.4) is 0 Å². The molecule has 2 heterocycles. The van der Waals surface area contributed by atoms with Crippen molar-refractivity contribution in [1.29, 1.82) is 0 Å². The molecule has 1 fully saturated rings. The van der Waals surface area contributed by atoms with Gasteiger partial charge in [0.25, 0.3) is 0 Å². The van der Waals surface area contributed by atoms with Crippen LogP contribution in [0.1, 0.15) is 24.9 Å². The largest absolute Gasteiger partial charge is 0.340 e. The normalized spacial score (nSPS) is 21.0. The molecular weight excluding hydrogens is 391 g/mol. The van der Waals surface area contributed by atoms with Crippen LogP contribution in [0.25, 0.3) is 11.0 Å². The van der Waals surface area contributed by atoms with Gasteiger partial charge in [0.2, 0.25) is 5.95 Å². The van der Waals surface area contributed by atoms with Gasteiger partial charge in [-0.25, -0.2) is 26.9 Å². The lowest BCUT2D eigenvalue weighted by Gasteiger charge is -2.35. The second kappa shape index (κ2) is 7.29. The van der Waals surface area contributed by atoms with Crippen molar-refractivity contribution in [3.63, 3.8) is 0 Å². The summed E-state index contributed by atoms with van der Waals surface area (Å²) in [5.41, 5.74) is 6.24. The van der Waals surface area contributed by atoms with Gasteiger partial charge in [0.15, 0.2) is 11.6 Å². The number of fused-ring (bicyclic) bond motifs is 1. The van der Waals surface area contributed by atoms with E-state index in [0.29, 0.717) is 0 Å². The average Bonchev–Trinajstić information content (AvgIpc) is 3.04. The maximum absolute atomic E-state index is 14.4. The van der Waals surface area contributed by atoms with Gasteiger partial charge >= 0.3 is 0 Å². The van der Waals surface area contributed by atoms with Crippen molar-refractivity contribution in [1.82, 2.24) is 9.55 Å². The molecule has 0 unspecified atom stereocenters. The zero-order valence-electron chi connectivity index (χ0n) is 15.5. The Balaban J connectivity index is 1.90. The molecule has 0 aliphatic carbocycles. The van der Waals surface area contributed by atoms with Crippen LogP contribution in [-0.2, 0) is 0 Å². The van der Waals surface area contributed by atoms with E-state index < -0.39 is 41.5 Å². The third kappa shape index (κ3) is 3.43. The molecule has 1 aromatic heterocycles. The van der Waals surface area contributed by atoms with Gasteiger partial charge in [-0.15, -0.1) is 0 Å². The first-order chi connectivity index (χ1) is 13.8. The highest BCUT2D eigenvalue weighted by Gasteiger charge is 2.31. The molecule has 154 valence electrons. The summed E-state index contributed by atoms with van der Waals surface area (Å²) >= 11 is 0. The average molecular weight is 410 g/mol. The number of anilines is 1. The smallest absolute Gasteiger partial charge is 0.207 e. The molecule has 1 saturated heterocycles. The van der Waals surface area contributed by atoms with Crippen LogP contribution in [0.4, 0.5) is 27.9 Å². The zero-order valence-corrected chi connectivity index (χ0v) is 15.5. The number of aromatic nitrogens is 2. The number of alkyl halides is 1.